The second-order valence-corrected chi connectivity index (χ2v) is 5.82. The van der Waals surface area contributed by atoms with Crippen molar-refractivity contribution in [2.75, 3.05) is 0 Å². The van der Waals surface area contributed by atoms with Crippen molar-refractivity contribution in [3.63, 3.8) is 0 Å². The first-order valence-corrected chi connectivity index (χ1v) is 7.84. The summed E-state index contributed by atoms with van der Waals surface area (Å²) in [7, 11) is 0. The first-order valence-electron chi connectivity index (χ1n) is 7.84. The van der Waals surface area contributed by atoms with Gasteiger partial charge in [0.05, 0.1) is 17.8 Å². The summed E-state index contributed by atoms with van der Waals surface area (Å²) in [6, 6.07) is 8.61. The van der Waals surface area contributed by atoms with Gasteiger partial charge in [-0.1, -0.05) is 32.0 Å². The van der Waals surface area contributed by atoms with E-state index in [0.717, 1.165) is 24.1 Å². The molecule has 0 fully saturated rings. The van der Waals surface area contributed by atoms with Crippen LogP contribution in [0.2, 0.25) is 0 Å². The fourth-order valence-electron chi connectivity index (χ4n) is 2.64. The maximum Gasteiger partial charge on any atom is 0.0846 e. The van der Waals surface area contributed by atoms with Gasteiger partial charge in [0.25, 0.3) is 0 Å². The van der Waals surface area contributed by atoms with Crippen LogP contribution in [0.5, 0.6) is 0 Å². The van der Waals surface area contributed by atoms with Gasteiger partial charge in [-0.2, -0.15) is 5.10 Å². The van der Waals surface area contributed by atoms with Crippen molar-refractivity contribution in [3.8, 4) is 0 Å². The van der Waals surface area contributed by atoms with Crippen molar-refractivity contribution in [2.45, 2.75) is 59.1 Å². The van der Waals surface area contributed by atoms with Gasteiger partial charge in [0, 0.05) is 12.6 Å². The predicted molar refractivity (Wildman–Crippen MR) is 86.4 cm³/mol. The van der Waals surface area contributed by atoms with E-state index in [9.17, 15) is 5.11 Å². The molecule has 0 saturated carbocycles. The Morgan fingerprint density at radius 3 is 2.43 bits per heavy atom. The number of aliphatic hydroxyl groups is 1. The van der Waals surface area contributed by atoms with Crippen molar-refractivity contribution in [1.82, 2.24) is 9.78 Å². The number of aromatic nitrogens is 2. The van der Waals surface area contributed by atoms with Gasteiger partial charge in [0.2, 0.25) is 0 Å². The molecule has 3 nitrogen and oxygen atoms in total. The van der Waals surface area contributed by atoms with Crippen LogP contribution in [-0.4, -0.2) is 14.9 Å². The maximum absolute atomic E-state index is 10.4. The Balaban J connectivity index is 2.08. The number of aliphatic hydroxyl groups excluding tert-OH is 1. The molecule has 3 heteroatoms. The van der Waals surface area contributed by atoms with Crippen LogP contribution in [0.15, 0.2) is 30.5 Å². The fourth-order valence-corrected chi connectivity index (χ4v) is 2.64. The van der Waals surface area contributed by atoms with E-state index < -0.39 is 6.10 Å². The molecule has 0 spiro atoms. The van der Waals surface area contributed by atoms with Gasteiger partial charge in [-0.3, -0.25) is 4.68 Å². The highest BCUT2D eigenvalue weighted by Gasteiger charge is 2.13. The van der Waals surface area contributed by atoms with E-state index in [0.29, 0.717) is 12.5 Å². The first-order chi connectivity index (χ1) is 10.0. The van der Waals surface area contributed by atoms with Gasteiger partial charge in [0.15, 0.2) is 0 Å². The molecule has 1 heterocycles. The third kappa shape index (κ3) is 3.73. The first kappa shape index (κ1) is 15.8. The normalized spacial score (nSPS) is 12.9. The monoisotopic (exact) mass is 286 g/mol. The Hall–Kier alpha value is -1.61. The lowest BCUT2D eigenvalue weighted by atomic mass is 10.0. The standard InChI is InChI=1S/C18H26N2O/c1-5-17(6-2)20-10-9-16(19-20)12-18(21)15-8-7-13(3)14(4)11-15/h7-11,17-18,21H,5-6,12H2,1-4H3. The van der Waals surface area contributed by atoms with Crippen LogP contribution in [0, 0.1) is 13.8 Å². The Morgan fingerprint density at radius 2 is 1.81 bits per heavy atom. The Morgan fingerprint density at radius 1 is 1.10 bits per heavy atom. The predicted octanol–water partition coefficient (Wildman–Crippen LogP) is 4.14. The van der Waals surface area contributed by atoms with Gasteiger partial charge >= 0.3 is 0 Å². The summed E-state index contributed by atoms with van der Waals surface area (Å²) in [5.41, 5.74) is 4.39. The SMILES string of the molecule is CCC(CC)n1ccc(CC(O)c2ccc(C)c(C)c2)n1. The van der Waals surface area contributed by atoms with Crippen LogP contribution in [0.4, 0.5) is 0 Å². The smallest absolute Gasteiger partial charge is 0.0846 e. The highest BCUT2D eigenvalue weighted by atomic mass is 16.3. The van der Waals surface area contributed by atoms with Gasteiger partial charge < -0.3 is 5.11 Å². The Kier molecular flexibility index (Phi) is 5.18. The largest absolute Gasteiger partial charge is 0.388 e. The van der Waals surface area contributed by atoms with E-state index in [2.05, 4.69) is 44.9 Å². The zero-order valence-electron chi connectivity index (χ0n) is 13.5. The van der Waals surface area contributed by atoms with Crippen LogP contribution in [0.3, 0.4) is 0 Å². The summed E-state index contributed by atoms with van der Waals surface area (Å²) in [6.07, 6.45) is 4.26. The molecule has 0 aliphatic heterocycles. The average molecular weight is 286 g/mol. The number of hydrogen-bond acceptors (Lipinski definition) is 2. The third-order valence-corrected chi connectivity index (χ3v) is 4.30. The Labute approximate surface area is 127 Å². The highest BCUT2D eigenvalue weighted by molar-refractivity contribution is 5.31. The van der Waals surface area contributed by atoms with E-state index in [1.54, 1.807) is 0 Å². The van der Waals surface area contributed by atoms with Crippen LogP contribution >= 0.6 is 0 Å². The van der Waals surface area contributed by atoms with Crippen molar-refractivity contribution >= 4 is 0 Å². The highest BCUT2D eigenvalue weighted by Crippen LogP contribution is 2.21. The molecule has 0 aliphatic carbocycles. The minimum absolute atomic E-state index is 0.456. The van der Waals surface area contributed by atoms with E-state index >= 15 is 0 Å². The van der Waals surface area contributed by atoms with E-state index in [1.807, 2.05) is 23.0 Å². The summed E-state index contributed by atoms with van der Waals surface area (Å²) in [5, 5.41) is 15.0. The summed E-state index contributed by atoms with van der Waals surface area (Å²) < 4.78 is 2.03. The molecule has 2 aromatic rings. The quantitative estimate of drug-likeness (QED) is 0.866. The van der Waals surface area contributed by atoms with Crippen LogP contribution in [0.25, 0.3) is 0 Å². The molecule has 1 aromatic heterocycles. The second kappa shape index (κ2) is 6.90. The van der Waals surface area contributed by atoms with E-state index in [4.69, 9.17) is 0 Å². The summed E-state index contributed by atoms with van der Waals surface area (Å²) in [5.74, 6) is 0. The number of hydrogen-bond donors (Lipinski definition) is 1. The van der Waals surface area contributed by atoms with Gasteiger partial charge in [-0.15, -0.1) is 0 Å². The lowest BCUT2D eigenvalue weighted by Crippen LogP contribution is -2.09. The molecule has 1 aromatic carbocycles. The van der Waals surface area contributed by atoms with Gasteiger partial charge in [-0.25, -0.2) is 0 Å². The number of aryl methyl sites for hydroxylation is 2. The lowest BCUT2D eigenvalue weighted by molar-refractivity contribution is 0.176. The maximum atomic E-state index is 10.4. The Bertz CT molecular complexity index is 585. The van der Waals surface area contributed by atoms with Gasteiger partial charge in [-0.05, 0) is 49.4 Å². The van der Waals surface area contributed by atoms with Gasteiger partial charge in [0.1, 0.15) is 0 Å². The molecular formula is C18H26N2O. The molecule has 1 atom stereocenters. The molecule has 114 valence electrons. The van der Waals surface area contributed by atoms with Crippen molar-refractivity contribution < 1.29 is 5.11 Å². The molecule has 0 aliphatic rings. The molecule has 0 amide bonds. The molecule has 21 heavy (non-hydrogen) atoms. The molecule has 0 radical (unpaired) electrons. The molecule has 0 saturated heterocycles. The number of nitrogens with zero attached hydrogens (tertiary/aromatic N) is 2. The average Bonchev–Trinajstić information content (AvgIpc) is 2.91. The van der Waals surface area contributed by atoms with Crippen LogP contribution < -0.4 is 0 Å². The van der Waals surface area contributed by atoms with Crippen LogP contribution in [-0.2, 0) is 6.42 Å². The summed E-state index contributed by atoms with van der Waals surface area (Å²) >= 11 is 0. The van der Waals surface area contributed by atoms with Crippen molar-refractivity contribution in [1.29, 1.82) is 0 Å². The third-order valence-electron chi connectivity index (χ3n) is 4.30. The lowest BCUT2D eigenvalue weighted by Gasteiger charge is -2.13. The van der Waals surface area contributed by atoms with Crippen molar-refractivity contribution in [2.24, 2.45) is 0 Å². The van der Waals surface area contributed by atoms with E-state index in [1.165, 1.54) is 11.1 Å². The molecule has 0 bridgehead atoms. The summed E-state index contributed by atoms with van der Waals surface area (Å²) in [6.45, 7) is 8.52. The number of rotatable bonds is 6. The fraction of sp³-hybridized carbons (Fsp3) is 0.500. The minimum atomic E-state index is -0.491. The topological polar surface area (TPSA) is 38.0 Å². The number of benzene rings is 1. The minimum Gasteiger partial charge on any atom is -0.388 e. The molecule has 1 unspecified atom stereocenters. The molecule has 2 rings (SSSR count). The van der Waals surface area contributed by atoms with Crippen LogP contribution in [0.1, 0.15) is 61.2 Å². The molecule has 1 N–H and O–H groups in total. The van der Waals surface area contributed by atoms with E-state index in [-0.39, 0.29) is 0 Å². The zero-order chi connectivity index (χ0) is 15.4. The van der Waals surface area contributed by atoms with Crippen molar-refractivity contribution in [3.05, 3.63) is 52.8 Å². The summed E-state index contributed by atoms with van der Waals surface area (Å²) in [4.78, 5) is 0. The zero-order valence-corrected chi connectivity index (χ0v) is 13.5. The molecular weight excluding hydrogens is 260 g/mol. The second-order valence-electron chi connectivity index (χ2n) is 5.82.